The van der Waals surface area contributed by atoms with E-state index in [0.717, 1.165) is 0 Å². The number of amides is 1. The van der Waals surface area contributed by atoms with Crippen LogP contribution in [0.25, 0.3) is 0 Å². The number of hydrogen-bond donors (Lipinski definition) is 1. The molecule has 1 amide bonds. The first-order valence-corrected chi connectivity index (χ1v) is 2.94. The Kier molecular flexibility index (Phi) is 1.53. The lowest BCUT2D eigenvalue weighted by Crippen LogP contribution is -2.58. The van der Waals surface area contributed by atoms with Crippen LogP contribution in [0.5, 0.6) is 0 Å². The maximum atomic E-state index is 10.7. The van der Waals surface area contributed by atoms with Crippen LogP contribution in [0.3, 0.4) is 0 Å². The van der Waals surface area contributed by atoms with Crippen LogP contribution in [0, 0.1) is 0 Å². The van der Waals surface area contributed by atoms with Gasteiger partial charge in [0.15, 0.2) is 0 Å². The van der Waals surface area contributed by atoms with Gasteiger partial charge in [-0.1, -0.05) is 6.08 Å². The average molecular weight is 126 g/mol. The smallest absolute Gasteiger partial charge is 0.245 e. The van der Waals surface area contributed by atoms with Crippen molar-refractivity contribution in [3.63, 3.8) is 0 Å². The van der Waals surface area contributed by atoms with E-state index in [0.29, 0.717) is 6.54 Å². The number of rotatable bonds is 1. The van der Waals surface area contributed by atoms with Gasteiger partial charge in [0.05, 0.1) is 0 Å². The molecular formula is C6H10N2O. The molecule has 50 valence electrons. The predicted molar refractivity (Wildman–Crippen MR) is 34.5 cm³/mol. The Morgan fingerprint density at radius 1 is 1.89 bits per heavy atom. The van der Waals surface area contributed by atoms with E-state index < -0.39 is 0 Å². The van der Waals surface area contributed by atoms with E-state index in [1.165, 1.54) is 0 Å². The van der Waals surface area contributed by atoms with Crippen LogP contribution in [-0.2, 0) is 4.79 Å². The van der Waals surface area contributed by atoms with E-state index in [9.17, 15) is 4.79 Å². The van der Waals surface area contributed by atoms with Crippen molar-refractivity contribution < 1.29 is 4.79 Å². The SMILES string of the molecule is CC=CN1CC(N)C1=O. The van der Waals surface area contributed by atoms with Gasteiger partial charge in [0, 0.05) is 12.7 Å². The lowest BCUT2D eigenvalue weighted by molar-refractivity contribution is -0.138. The Bertz CT molecular complexity index is 153. The molecule has 1 saturated heterocycles. The van der Waals surface area contributed by atoms with E-state index in [4.69, 9.17) is 5.73 Å². The van der Waals surface area contributed by atoms with Crippen molar-refractivity contribution in [2.24, 2.45) is 5.73 Å². The molecule has 1 aliphatic rings. The third-order valence-corrected chi connectivity index (χ3v) is 1.32. The number of nitrogens with two attached hydrogens (primary N) is 1. The molecule has 1 unspecified atom stereocenters. The van der Waals surface area contributed by atoms with Gasteiger partial charge in [0.2, 0.25) is 5.91 Å². The molecule has 1 fully saturated rings. The first-order valence-electron chi connectivity index (χ1n) is 2.94. The normalized spacial score (nSPS) is 27.1. The van der Waals surface area contributed by atoms with Gasteiger partial charge in [-0.2, -0.15) is 0 Å². The largest absolute Gasteiger partial charge is 0.318 e. The molecule has 1 aliphatic heterocycles. The summed E-state index contributed by atoms with van der Waals surface area (Å²) < 4.78 is 0. The van der Waals surface area contributed by atoms with Gasteiger partial charge in [-0.15, -0.1) is 0 Å². The Morgan fingerprint density at radius 2 is 2.56 bits per heavy atom. The van der Waals surface area contributed by atoms with Crippen molar-refractivity contribution in [1.29, 1.82) is 0 Å². The highest BCUT2D eigenvalue weighted by Crippen LogP contribution is 2.06. The van der Waals surface area contributed by atoms with Crippen LogP contribution >= 0.6 is 0 Å². The van der Waals surface area contributed by atoms with Crippen molar-refractivity contribution in [2.75, 3.05) is 6.54 Å². The Labute approximate surface area is 54.1 Å². The predicted octanol–water partition coefficient (Wildman–Crippen LogP) is -0.310. The van der Waals surface area contributed by atoms with Gasteiger partial charge >= 0.3 is 0 Å². The number of hydrogen-bond acceptors (Lipinski definition) is 2. The zero-order valence-electron chi connectivity index (χ0n) is 5.37. The second-order valence-electron chi connectivity index (χ2n) is 2.08. The van der Waals surface area contributed by atoms with Gasteiger partial charge in [-0.3, -0.25) is 4.79 Å². The van der Waals surface area contributed by atoms with E-state index in [1.54, 1.807) is 11.1 Å². The molecule has 3 nitrogen and oxygen atoms in total. The second kappa shape index (κ2) is 2.19. The molecule has 0 bridgehead atoms. The van der Waals surface area contributed by atoms with E-state index >= 15 is 0 Å². The average Bonchev–Trinajstić information content (AvgIpc) is 1.88. The first-order chi connectivity index (χ1) is 4.25. The molecule has 1 atom stereocenters. The van der Waals surface area contributed by atoms with Crippen LogP contribution in [0.4, 0.5) is 0 Å². The van der Waals surface area contributed by atoms with Crippen LogP contribution in [0.1, 0.15) is 6.92 Å². The van der Waals surface area contributed by atoms with Crippen molar-refractivity contribution in [1.82, 2.24) is 4.90 Å². The molecule has 0 aromatic heterocycles. The molecule has 0 radical (unpaired) electrons. The Hall–Kier alpha value is -0.830. The van der Waals surface area contributed by atoms with Crippen LogP contribution in [0.2, 0.25) is 0 Å². The Morgan fingerprint density at radius 3 is 2.89 bits per heavy atom. The first kappa shape index (κ1) is 6.29. The van der Waals surface area contributed by atoms with Crippen molar-refractivity contribution in [3.05, 3.63) is 12.3 Å². The summed E-state index contributed by atoms with van der Waals surface area (Å²) in [6.45, 7) is 2.54. The summed E-state index contributed by atoms with van der Waals surface area (Å²) in [7, 11) is 0. The fraction of sp³-hybridized carbons (Fsp3) is 0.500. The van der Waals surface area contributed by atoms with E-state index in [2.05, 4.69) is 0 Å². The Balaban J connectivity index is 2.42. The molecule has 0 aromatic rings. The quantitative estimate of drug-likeness (QED) is 0.490. The molecule has 0 aromatic carbocycles. The topological polar surface area (TPSA) is 46.3 Å². The van der Waals surface area contributed by atoms with Crippen LogP contribution in [-0.4, -0.2) is 23.4 Å². The minimum Gasteiger partial charge on any atom is -0.318 e. The van der Waals surface area contributed by atoms with Gasteiger partial charge < -0.3 is 10.6 Å². The minimum atomic E-state index is -0.249. The molecular weight excluding hydrogens is 116 g/mol. The van der Waals surface area contributed by atoms with Crippen LogP contribution in [0.15, 0.2) is 12.3 Å². The highest BCUT2D eigenvalue weighted by molar-refractivity contribution is 5.88. The summed E-state index contributed by atoms with van der Waals surface area (Å²) in [5.41, 5.74) is 5.32. The molecule has 1 heterocycles. The maximum Gasteiger partial charge on any atom is 0.245 e. The molecule has 0 spiro atoms. The summed E-state index contributed by atoms with van der Waals surface area (Å²) in [4.78, 5) is 12.3. The van der Waals surface area contributed by atoms with Crippen LogP contribution < -0.4 is 5.73 Å². The highest BCUT2D eigenvalue weighted by atomic mass is 16.2. The van der Waals surface area contributed by atoms with Crippen molar-refractivity contribution in [2.45, 2.75) is 13.0 Å². The molecule has 0 saturated carbocycles. The summed E-state index contributed by atoms with van der Waals surface area (Å²) >= 11 is 0. The molecule has 9 heavy (non-hydrogen) atoms. The number of carbonyl (C=O) groups excluding carboxylic acids is 1. The van der Waals surface area contributed by atoms with Gasteiger partial charge in [-0.05, 0) is 6.92 Å². The van der Waals surface area contributed by atoms with Gasteiger partial charge in [0.1, 0.15) is 6.04 Å². The summed E-state index contributed by atoms with van der Waals surface area (Å²) in [5.74, 6) is 0.0214. The third-order valence-electron chi connectivity index (χ3n) is 1.32. The number of nitrogens with zero attached hydrogens (tertiary/aromatic N) is 1. The monoisotopic (exact) mass is 126 g/mol. The number of likely N-dealkylation sites (tertiary alicyclic amines) is 1. The second-order valence-corrected chi connectivity index (χ2v) is 2.08. The molecule has 2 N–H and O–H groups in total. The standard InChI is InChI=1S/C6H10N2O/c1-2-3-8-4-5(7)6(8)9/h2-3,5H,4,7H2,1H3. The molecule has 3 heteroatoms. The minimum absolute atomic E-state index is 0.0214. The van der Waals surface area contributed by atoms with Gasteiger partial charge in [-0.25, -0.2) is 0 Å². The molecule has 1 rings (SSSR count). The van der Waals surface area contributed by atoms with Gasteiger partial charge in [0.25, 0.3) is 0 Å². The van der Waals surface area contributed by atoms with Crippen molar-refractivity contribution >= 4 is 5.91 Å². The zero-order chi connectivity index (χ0) is 6.85. The fourth-order valence-electron chi connectivity index (χ4n) is 0.795. The fourth-order valence-corrected chi connectivity index (χ4v) is 0.795. The number of β-lactam (4-membered cyclic amide) rings is 1. The van der Waals surface area contributed by atoms with Crippen molar-refractivity contribution in [3.8, 4) is 0 Å². The summed E-state index contributed by atoms with van der Waals surface area (Å²) in [6, 6.07) is -0.249. The van der Waals surface area contributed by atoms with E-state index in [1.807, 2.05) is 13.0 Å². The highest BCUT2D eigenvalue weighted by Gasteiger charge is 2.31. The third kappa shape index (κ3) is 0.954. The number of carbonyl (C=O) groups is 1. The summed E-state index contributed by atoms with van der Waals surface area (Å²) in [6.07, 6.45) is 3.56. The zero-order valence-corrected chi connectivity index (χ0v) is 5.37. The lowest BCUT2D eigenvalue weighted by Gasteiger charge is -2.32. The lowest BCUT2D eigenvalue weighted by atomic mass is 10.1. The van der Waals surface area contributed by atoms with E-state index in [-0.39, 0.29) is 11.9 Å². The maximum absolute atomic E-state index is 10.7. The number of allylic oxidation sites excluding steroid dienone is 1. The summed E-state index contributed by atoms with van der Waals surface area (Å²) in [5, 5.41) is 0. The molecule has 0 aliphatic carbocycles.